The van der Waals surface area contributed by atoms with E-state index in [9.17, 15) is 4.79 Å². The molecule has 0 aliphatic carbocycles. The Morgan fingerprint density at radius 1 is 1.39 bits per heavy atom. The van der Waals surface area contributed by atoms with E-state index in [0.29, 0.717) is 22.3 Å². The fraction of sp³-hybridized carbons (Fsp3) is 0.417. The number of urea groups is 1. The Morgan fingerprint density at radius 3 is 2.67 bits per heavy atom. The zero-order valence-corrected chi connectivity index (χ0v) is 11.6. The standard InChI is InChI=1S/C12H15Cl2N3O/c1-8-7-15-2-3-17(8)12(18)16-11-5-9(13)4-10(14)6-11/h4-6,8,15H,2-3,7H2,1H3,(H,16,18)/t8-/m1/s1. The molecule has 4 nitrogen and oxygen atoms in total. The second-order valence-electron chi connectivity index (χ2n) is 4.33. The quantitative estimate of drug-likeness (QED) is 0.834. The maximum absolute atomic E-state index is 12.1. The van der Waals surface area contributed by atoms with Crippen LogP contribution in [0.4, 0.5) is 10.5 Å². The van der Waals surface area contributed by atoms with Gasteiger partial charge in [0.05, 0.1) is 0 Å². The Morgan fingerprint density at radius 2 is 2.06 bits per heavy atom. The van der Waals surface area contributed by atoms with Gasteiger partial charge in [0.1, 0.15) is 0 Å². The molecule has 0 spiro atoms. The molecule has 1 fully saturated rings. The van der Waals surface area contributed by atoms with E-state index in [-0.39, 0.29) is 12.1 Å². The summed E-state index contributed by atoms with van der Waals surface area (Å²) in [7, 11) is 0. The van der Waals surface area contributed by atoms with Crippen molar-refractivity contribution in [2.45, 2.75) is 13.0 Å². The van der Waals surface area contributed by atoms with Crippen LogP contribution in [0.15, 0.2) is 18.2 Å². The third kappa shape index (κ3) is 3.28. The van der Waals surface area contributed by atoms with E-state index in [1.807, 2.05) is 6.92 Å². The number of halogens is 2. The van der Waals surface area contributed by atoms with Gasteiger partial charge in [-0.05, 0) is 25.1 Å². The molecular formula is C12H15Cl2N3O. The van der Waals surface area contributed by atoms with Gasteiger partial charge in [0.2, 0.25) is 0 Å². The van der Waals surface area contributed by atoms with Crippen molar-refractivity contribution in [1.29, 1.82) is 0 Å². The first-order valence-corrected chi connectivity index (χ1v) is 6.56. The van der Waals surface area contributed by atoms with Gasteiger partial charge in [0.15, 0.2) is 0 Å². The summed E-state index contributed by atoms with van der Waals surface area (Å²) in [6.07, 6.45) is 0. The Balaban J connectivity index is 2.06. The summed E-state index contributed by atoms with van der Waals surface area (Å²) in [4.78, 5) is 13.9. The van der Waals surface area contributed by atoms with Crippen molar-refractivity contribution in [2.75, 3.05) is 25.0 Å². The number of amides is 2. The number of carbonyl (C=O) groups excluding carboxylic acids is 1. The van der Waals surface area contributed by atoms with Gasteiger partial charge in [-0.2, -0.15) is 0 Å². The largest absolute Gasteiger partial charge is 0.322 e. The van der Waals surface area contributed by atoms with Crippen LogP contribution in [-0.4, -0.2) is 36.6 Å². The van der Waals surface area contributed by atoms with Crippen molar-refractivity contribution in [3.63, 3.8) is 0 Å². The second kappa shape index (κ2) is 5.78. The summed E-state index contributed by atoms with van der Waals surface area (Å²) < 4.78 is 0. The maximum Gasteiger partial charge on any atom is 0.322 e. The number of anilines is 1. The van der Waals surface area contributed by atoms with Gasteiger partial charge in [-0.3, -0.25) is 0 Å². The molecule has 2 N–H and O–H groups in total. The van der Waals surface area contributed by atoms with Gasteiger partial charge in [0.25, 0.3) is 0 Å². The van der Waals surface area contributed by atoms with Crippen LogP contribution in [0.3, 0.4) is 0 Å². The minimum Gasteiger partial charge on any atom is -0.319 e. The van der Waals surface area contributed by atoms with Crippen LogP contribution in [-0.2, 0) is 0 Å². The van der Waals surface area contributed by atoms with Crippen molar-refractivity contribution in [3.8, 4) is 0 Å². The van der Waals surface area contributed by atoms with Crippen LogP contribution in [0.5, 0.6) is 0 Å². The second-order valence-corrected chi connectivity index (χ2v) is 5.21. The number of hydrogen-bond donors (Lipinski definition) is 2. The zero-order chi connectivity index (χ0) is 13.1. The lowest BCUT2D eigenvalue weighted by Gasteiger charge is -2.33. The van der Waals surface area contributed by atoms with Gasteiger partial charge in [0, 0.05) is 41.4 Å². The summed E-state index contributed by atoms with van der Waals surface area (Å²) in [5, 5.41) is 7.06. The van der Waals surface area contributed by atoms with Gasteiger partial charge < -0.3 is 15.5 Å². The highest BCUT2D eigenvalue weighted by Gasteiger charge is 2.22. The van der Waals surface area contributed by atoms with Gasteiger partial charge >= 0.3 is 6.03 Å². The Labute approximate surface area is 116 Å². The number of nitrogens with zero attached hydrogens (tertiary/aromatic N) is 1. The summed E-state index contributed by atoms with van der Waals surface area (Å²) in [6.45, 7) is 4.33. The molecule has 1 atom stereocenters. The predicted octanol–water partition coefficient (Wildman–Crippen LogP) is 2.82. The first-order chi connectivity index (χ1) is 8.56. The molecule has 18 heavy (non-hydrogen) atoms. The summed E-state index contributed by atoms with van der Waals surface area (Å²) >= 11 is 11.8. The van der Waals surface area contributed by atoms with Crippen LogP contribution >= 0.6 is 23.2 Å². The Kier molecular flexibility index (Phi) is 4.32. The lowest BCUT2D eigenvalue weighted by molar-refractivity contribution is 0.177. The molecule has 1 heterocycles. The lowest BCUT2D eigenvalue weighted by atomic mass is 10.2. The first kappa shape index (κ1) is 13.5. The molecule has 1 aromatic rings. The molecule has 1 aromatic carbocycles. The number of carbonyl (C=O) groups is 1. The Bertz CT molecular complexity index is 433. The van der Waals surface area contributed by atoms with E-state index in [1.54, 1.807) is 23.1 Å². The number of hydrogen-bond acceptors (Lipinski definition) is 2. The van der Waals surface area contributed by atoms with Crippen molar-refractivity contribution in [1.82, 2.24) is 10.2 Å². The van der Waals surface area contributed by atoms with Crippen LogP contribution in [0, 0.1) is 0 Å². The van der Waals surface area contributed by atoms with Gasteiger partial charge in [-0.15, -0.1) is 0 Å². The van der Waals surface area contributed by atoms with Crippen LogP contribution in [0.1, 0.15) is 6.92 Å². The van der Waals surface area contributed by atoms with E-state index in [4.69, 9.17) is 23.2 Å². The lowest BCUT2D eigenvalue weighted by Crippen LogP contribution is -2.53. The molecule has 0 saturated carbocycles. The van der Waals surface area contributed by atoms with Crippen molar-refractivity contribution in [2.24, 2.45) is 0 Å². The molecule has 0 aromatic heterocycles. The fourth-order valence-electron chi connectivity index (χ4n) is 1.96. The van der Waals surface area contributed by atoms with Crippen molar-refractivity contribution < 1.29 is 4.79 Å². The molecule has 0 bridgehead atoms. The minimum absolute atomic E-state index is 0.123. The maximum atomic E-state index is 12.1. The minimum atomic E-state index is -0.123. The third-order valence-electron chi connectivity index (χ3n) is 2.88. The molecule has 2 rings (SSSR count). The van der Waals surface area contributed by atoms with Crippen LogP contribution in [0.2, 0.25) is 10.0 Å². The van der Waals surface area contributed by atoms with E-state index in [2.05, 4.69) is 10.6 Å². The topological polar surface area (TPSA) is 44.4 Å². The average Bonchev–Trinajstić information content (AvgIpc) is 2.27. The summed E-state index contributed by atoms with van der Waals surface area (Å²) in [6, 6.07) is 5.04. The first-order valence-electron chi connectivity index (χ1n) is 5.80. The number of nitrogens with one attached hydrogen (secondary N) is 2. The highest BCUT2D eigenvalue weighted by molar-refractivity contribution is 6.35. The van der Waals surface area contributed by atoms with E-state index >= 15 is 0 Å². The molecule has 1 aliphatic heterocycles. The SMILES string of the molecule is C[C@@H]1CNCCN1C(=O)Nc1cc(Cl)cc(Cl)c1. The smallest absolute Gasteiger partial charge is 0.319 e. The van der Waals surface area contributed by atoms with E-state index < -0.39 is 0 Å². The molecule has 98 valence electrons. The number of rotatable bonds is 1. The van der Waals surface area contributed by atoms with E-state index in [1.165, 1.54) is 0 Å². The molecule has 2 amide bonds. The number of benzene rings is 1. The van der Waals surface area contributed by atoms with Crippen molar-refractivity contribution >= 4 is 34.9 Å². The van der Waals surface area contributed by atoms with Gasteiger partial charge in [-0.25, -0.2) is 4.79 Å². The molecule has 1 aliphatic rings. The third-order valence-corrected chi connectivity index (χ3v) is 3.31. The molecule has 1 saturated heterocycles. The molecule has 0 radical (unpaired) electrons. The summed E-state index contributed by atoms with van der Waals surface area (Å²) in [5.41, 5.74) is 0.614. The van der Waals surface area contributed by atoms with Crippen LogP contribution in [0.25, 0.3) is 0 Å². The monoisotopic (exact) mass is 287 g/mol. The summed E-state index contributed by atoms with van der Waals surface area (Å²) in [5.74, 6) is 0. The molecule has 6 heteroatoms. The average molecular weight is 288 g/mol. The molecule has 0 unspecified atom stereocenters. The van der Waals surface area contributed by atoms with Crippen LogP contribution < -0.4 is 10.6 Å². The zero-order valence-electron chi connectivity index (χ0n) is 10.0. The Hall–Kier alpha value is -0.970. The predicted molar refractivity (Wildman–Crippen MR) is 74.5 cm³/mol. The highest BCUT2D eigenvalue weighted by Crippen LogP contribution is 2.22. The molecular weight excluding hydrogens is 273 g/mol. The van der Waals surface area contributed by atoms with E-state index in [0.717, 1.165) is 13.1 Å². The highest BCUT2D eigenvalue weighted by atomic mass is 35.5. The van der Waals surface area contributed by atoms with Gasteiger partial charge in [-0.1, -0.05) is 23.2 Å². The van der Waals surface area contributed by atoms with Crippen molar-refractivity contribution in [3.05, 3.63) is 28.2 Å². The fourth-order valence-corrected chi connectivity index (χ4v) is 2.49. The number of piperazine rings is 1. The normalized spacial score (nSPS) is 19.7.